The molecule has 1 aromatic carbocycles. The van der Waals surface area contributed by atoms with Crippen LogP contribution < -0.4 is 42.5 Å². The van der Waals surface area contributed by atoms with Crippen LogP contribution in [0.15, 0.2) is 36.4 Å². The van der Waals surface area contributed by atoms with Crippen LogP contribution in [0.1, 0.15) is 42.5 Å². The Hall–Kier alpha value is -5.77. The molecule has 4 aliphatic heterocycles. The minimum atomic E-state index is -0.488. The van der Waals surface area contributed by atoms with Gasteiger partial charge in [-0.15, -0.1) is 0 Å². The number of thiocarbonyl (C=S) groups is 1. The molecule has 3 fully saturated rings. The normalized spacial score (nSPS) is 19.4. The molecule has 59 heavy (non-hydrogen) atoms. The molecular weight excluding hydrogens is 807 g/mol. The van der Waals surface area contributed by atoms with E-state index in [9.17, 15) is 43.2 Å². The highest BCUT2D eigenvalue weighted by Crippen LogP contribution is 2.33. The fraction of sp³-hybridized carbons (Fsp3) is 0.514. The van der Waals surface area contributed by atoms with Crippen molar-refractivity contribution in [2.75, 3.05) is 76.5 Å². The highest BCUT2D eigenvalue weighted by Gasteiger charge is 2.42. The number of hydrogen-bond acceptors (Lipinski definition) is 11. The van der Waals surface area contributed by atoms with Crippen LogP contribution >= 0.6 is 24.0 Å². The van der Waals surface area contributed by atoms with Crippen molar-refractivity contribution in [3.8, 4) is 0 Å². The number of unbranched alkanes of at least 4 members (excludes halogenated alkanes) is 1. The maximum absolute atomic E-state index is 12.7. The van der Waals surface area contributed by atoms with Crippen molar-refractivity contribution in [3.63, 3.8) is 0 Å². The second-order valence-corrected chi connectivity index (χ2v) is 15.8. The number of benzene rings is 1. The van der Waals surface area contributed by atoms with Gasteiger partial charge in [0.2, 0.25) is 29.5 Å². The van der Waals surface area contributed by atoms with Crippen LogP contribution in [0, 0.1) is 0 Å². The first-order chi connectivity index (χ1) is 28.4. The monoisotopic (exact) mass is 855 g/mol. The van der Waals surface area contributed by atoms with Gasteiger partial charge in [-0.2, -0.15) is 11.8 Å². The van der Waals surface area contributed by atoms with Crippen LogP contribution in [0.5, 0.6) is 0 Å². The first kappa shape index (κ1) is 44.3. The molecule has 20 nitrogen and oxygen atoms in total. The van der Waals surface area contributed by atoms with Crippen molar-refractivity contribution in [1.82, 2.24) is 51.9 Å². The number of urea groups is 1. The van der Waals surface area contributed by atoms with Gasteiger partial charge in [0.25, 0.3) is 17.7 Å². The van der Waals surface area contributed by atoms with Gasteiger partial charge >= 0.3 is 6.03 Å². The summed E-state index contributed by atoms with van der Waals surface area (Å²) >= 11 is 7.12. The number of anilines is 1. The Balaban J connectivity index is 0.861. The van der Waals surface area contributed by atoms with Crippen LogP contribution in [-0.4, -0.2) is 162 Å². The van der Waals surface area contributed by atoms with E-state index in [1.807, 2.05) is 11.8 Å². The van der Waals surface area contributed by atoms with E-state index in [4.69, 9.17) is 12.2 Å². The molecule has 0 unspecified atom stereocenters. The number of amides is 10. The lowest BCUT2D eigenvalue weighted by molar-refractivity contribution is -0.140. The Kier molecular flexibility index (Phi) is 16.4. The summed E-state index contributed by atoms with van der Waals surface area (Å²) in [6.45, 7) is 0.746. The molecule has 0 saturated carbocycles. The molecule has 8 N–H and O–H groups in total. The summed E-state index contributed by atoms with van der Waals surface area (Å²) in [7, 11) is 0. The second-order valence-electron chi connectivity index (χ2n) is 14.1. The van der Waals surface area contributed by atoms with E-state index in [1.54, 1.807) is 24.3 Å². The lowest BCUT2D eigenvalue weighted by Crippen LogP contribution is -2.54. The Bertz CT molecular complexity index is 1800. The number of hydrogen-bond donors (Lipinski definition) is 8. The quantitative estimate of drug-likeness (QED) is 0.0318. The number of piperazine rings is 1. The smallest absolute Gasteiger partial charge is 0.315 e. The molecule has 0 aliphatic carbocycles. The van der Waals surface area contributed by atoms with Gasteiger partial charge in [0.15, 0.2) is 5.11 Å². The van der Waals surface area contributed by atoms with Gasteiger partial charge in [0.1, 0.15) is 0 Å². The van der Waals surface area contributed by atoms with Crippen molar-refractivity contribution in [2.45, 2.75) is 49.4 Å². The Labute approximate surface area is 350 Å². The topological polar surface area (TPSA) is 260 Å². The standard InChI is InChI=1S/C37H49N11O9S2/c49-27(4-2-1-3-26-34-25(22-59-26)44-36(57)45-34)38-12-13-39-35(56)23-5-7-24(8-6-23)43-37(58)42-19-29(51)41-21-33(55)47-17-15-46(16-18-47)32(54)20-40-28(50)11-14-48-30(52)9-10-31(48)53/h5-10,25-26,34H,1-4,11-22H2,(H,38,49)(H,39,56)(H,40,50)(H,41,51)(H2,42,43,58)(H2,44,45,57)/t25-,26-,34-/m0/s1. The third kappa shape index (κ3) is 13.7. The van der Waals surface area contributed by atoms with Crippen molar-refractivity contribution in [3.05, 3.63) is 42.0 Å². The molecule has 4 heterocycles. The SMILES string of the molecule is O=C(CCCC[C@@H]1SC[C@@H]2NC(=O)N[C@@H]21)NCCNC(=O)c1ccc(NC(=S)NCC(=O)NCC(=O)N2CCN(C(=O)CNC(=O)CCN3C(=O)C=CC3=O)CC2)cc1. The van der Waals surface area contributed by atoms with Crippen LogP contribution in [-0.2, 0) is 33.6 Å². The highest BCUT2D eigenvalue weighted by molar-refractivity contribution is 8.00. The minimum Gasteiger partial charge on any atom is -0.354 e. The zero-order chi connectivity index (χ0) is 42.3. The van der Waals surface area contributed by atoms with Gasteiger partial charge in [-0.3, -0.25) is 43.3 Å². The predicted molar refractivity (Wildman–Crippen MR) is 220 cm³/mol. The average Bonchev–Trinajstić information content (AvgIpc) is 3.90. The van der Waals surface area contributed by atoms with E-state index in [-0.39, 0.29) is 112 Å². The average molecular weight is 856 g/mol. The van der Waals surface area contributed by atoms with E-state index < -0.39 is 23.6 Å². The molecule has 318 valence electrons. The third-order valence-electron chi connectivity index (χ3n) is 9.95. The summed E-state index contributed by atoms with van der Waals surface area (Å²) in [6.07, 6.45) is 5.11. The van der Waals surface area contributed by atoms with Crippen molar-refractivity contribution in [2.24, 2.45) is 0 Å². The number of imide groups is 1. The number of carbonyl (C=O) groups excluding carboxylic acids is 9. The minimum absolute atomic E-state index is 0.0763. The first-order valence-corrected chi connectivity index (χ1v) is 20.8. The Morgan fingerprint density at radius 3 is 1.98 bits per heavy atom. The molecule has 0 aromatic heterocycles. The predicted octanol–water partition coefficient (Wildman–Crippen LogP) is -2.24. The number of thioether (sulfide) groups is 1. The molecule has 5 rings (SSSR count). The van der Waals surface area contributed by atoms with E-state index in [0.717, 1.165) is 42.1 Å². The molecule has 10 amide bonds. The molecule has 1 aromatic rings. The maximum atomic E-state index is 12.7. The van der Waals surface area contributed by atoms with Crippen LogP contribution in [0.4, 0.5) is 10.5 Å². The van der Waals surface area contributed by atoms with Crippen molar-refractivity contribution in [1.29, 1.82) is 0 Å². The second kappa shape index (κ2) is 21.8. The Morgan fingerprint density at radius 2 is 1.32 bits per heavy atom. The summed E-state index contributed by atoms with van der Waals surface area (Å²) in [5.74, 6) is -2.07. The van der Waals surface area contributed by atoms with Gasteiger partial charge in [-0.05, 0) is 49.3 Å². The van der Waals surface area contributed by atoms with Crippen molar-refractivity contribution >= 4 is 88.1 Å². The zero-order valence-electron chi connectivity index (χ0n) is 32.3. The molecule has 0 spiro atoms. The lowest BCUT2D eigenvalue weighted by atomic mass is 10.0. The van der Waals surface area contributed by atoms with Crippen LogP contribution in [0.3, 0.4) is 0 Å². The van der Waals surface area contributed by atoms with Crippen LogP contribution in [0.25, 0.3) is 0 Å². The van der Waals surface area contributed by atoms with Gasteiger partial charge in [-0.1, -0.05) is 6.42 Å². The third-order valence-corrected chi connectivity index (χ3v) is 11.7. The van der Waals surface area contributed by atoms with Gasteiger partial charge < -0.3 is 52.3 Å². The molecule has 3 atom stereocenters. The highest BCUT2D eigenvalue weighted by atomic mass is 32.2. The summed E-state index contributed by atoms with van der Waals surface area (Å²) in [5, 5.41) is 22.7. The molecule has 4 aliphatic rings. The van der Waals surface area contributed by atoms with Crippen molar-refractivity contribution < 1.29 is 43.2 Å². The van der Waals surface area contributed by atoms with Gasteiger partial charge in [-0.25, -0.2) is 4.79 Å². The first-order valence-electron chi connectivity index (χ1n) is 19.4. The Morgan fingerprint density at radius 1 is 0.712 bits per heavy atom. The lowest BCUT2D eigenvalue weighted by Gasteiger charge is -2.34. The largest absolute Gasteiger partial charge is 0.354 e. The zero-order valence-corrected chi connectivity index (χ0v) is 34.0. The molecule has 22 heteroatoms. The van der Waals surface area contributed by atoms with E-state index in [2.05, 4.69) is 42.5 Å². The summed E-state index contributed by atoms with van der Waals surface area (Å²) in [4.78, 5) is 113. The fourth-order valence-corrected chi connectivity index (χ4v) is 8.41. The molecular formula is C37H49N11O9S2. The number of nitrogens with one attached hydrogen (secondary N) is 8. The molecule has 0 bridgehead atoms. The number of nitrogens with zero attached hydrogens (tertiary/aromatic N) is 3. The summed E-state index contributed by atoms with van der Waals surface area (Å²) < 4.78 is 0. The number of rotatable bonds is 19. The van der Waals surface area contributed by atoms with Gasteiger partial charge in [0, 0.05) is 93.1 Å². The fourth-order valence-electron chi connectivity index (χ4n) is 6.68. The van der Waals surface area contributed by atoms with E-state index >= 15 is 0 Å². The summed E-state index contributed by atoms with van der Waals surface area (Å²) in [5.41, 5.74) is 0.980. The van der Waals surface area contributed by atoms with E-state index in [1.165, 1.54) is 9.80 Å². The van der Waals surface area contributed by atoms with Crippen LogP contribution in [0.2, 0.25) is 0 Å². The summed E-state index contributed by atoms with van der Waals surface area (Å²) in [6, 6.07) is 6.76. The maximum Gasteiger partial charge on any atom is 0.315 e. The number of fused-ring (bicyclic) bond motifs is 1. The van der Waals surface area contributed by atoms with E-state index in [0.29, 0.717) is 29.5 Å². The number of carbonyl (C=O) groups is 9. The molecule has 0 radical (unpaired) electrons. The molecule has 3 saturated heterocycles. The van der Waals surface area contributed by atoms with Gasteiger partial charge in [0.05, 0.1) is 31.7 Å².